The van der Waals surface area contributed by atoms with Gasteiger partial charge in [0.05, 0.1) is 11.1 Å². The summed E-state index contributed by atoms with van der Waals surface area (Å²) in [5.41, 5.74) is 8.67. The Balaban J connectivity index is 1.55. The highest BCUT2D eigenvalue weighted by Crippen LogP contribution is 2.26. The average molecular weight is 367 g/mol. The molecule has 0 bridgehead atoms. The van der Waals surface area contributed by atoms with E-state index in [1.807, 2.05) is 31.2 Å². The van der Waals surface area contributed by atoms with Gasteiger partial charge in [0.25, 0.3) is 5.91 Å². The zero-order valence-corrected chi connectivity index (χ0v) is 16.2. The van der Waals surface area contributed by atoms with Gasteiger partial charge in [-0.25, -0.2) is 4.98 Å². The molecule has 5 heteroatoms. The van der Waals surface area contributed by atoms with Gasteiger partial charge in [0.2, 0.25) is 0 Å². The van der Waals surface area contributed by atoms with E-state index in [4.69, 9.17) is 10.7 Å². The fourth-order valence-electron chi connectivity index (χ4n) is 4.49. The van der Waals surface area contributed by atoms with Crippen molar-refractivity contribution in [3.05, 3.63) is 35.4 Å². The summed E-state index contributed by atoms with van der Waals surface area (Å²) in [6, 6.07) is 8.32. The lowest BCUT2D eigenvalue weighted by Gasteiger charge is -2.22. The summed E-state index contributed by atoms with van der Waals surface area (Å²) < 4.78 is 0. The maximum Gasteiger partial charge on any atom is 0.252 e. The van der Waals surface area contributed by atoms with Crippen molar-refractivity contribution < 1.29 is 4.79 Å². The molecule has 1 amide bonds. The summed E-state index contributed by atoms with van der Waals surface area (Å²) in [6.45, 7) is 4.58. The summed E-state index contributed by atoms with van der Waals surface area (Å²) in [5, 5.41) is 4.12. The van der Waals surface area contributed by atoms with E-state index in [9.17, 15) is 4.79 Å². The van der Waals surface area contributed by atoms with Gasteiger partial charge in [-0.15, -0.1) is 0 Å². The number of benzene rings is 1. The molecule has 0 unspecified atom stereocenters. The molecule has 1 aromatic heterocycles. The number of aryl methyl sites for hydroxylation is 1. The third kappa shape index (κ3) is 3.93. The molecule has 0 radical (unpaired) electrons. The molecule has 2 aliphatic rings. The highest BCUT2D eigenvalue weighted by Gasteiger charge is 2.22. The monoisotopic (exact) mass is 366 g/mol. The number of nitrogens with two attached hydrogens (primary N) is 1. The van der Waals surface area contributed by atoms with Gasteiger partial charge in [-0.2, -0.15) is 0 Å². The zero-order chi connectivity index (χ0) is 18.8. The van der Waals surface area contributed by atoms with E-state index >= 15 is 0 Å². The summed E-state index contributed by atoms with van der Waals surface area (Å²) in [4.78, 5) is 20.0. The van der Waals surface area contributed by atoms with Gasteiger partial charge in [0, 0.05) is 31.1 Å². The normalized spacial score (nSPS) is 21.0. The van der Waals surface area contributed by atoms with Crippen LogP contribution in [0.2, 0.25) is 0 Å². The van der Waals surface area contributed by atoms with Crippen molar-refractivity contribution >= 4 is 22.6 Å². The van der Waals surface area contributed by atoms with E-state index in [0.29, 0.717) is 5.92 Å². The lowest BCUT2D eigenvalue weighted by molar-refractivity contribution is 0.0944. The molecule has 1 aliphatic heterocycles. The first-order chi connectivity index (χ1) is 13.1. The van der Waals surface area contributed by atoms with Crippen LogP contribution in [-0.4, -0.2) is 36.6 Å². The molecule has 27 heavy (non-hydrogen) atoms. The number of hydrogen-bond acceptors (Lipinski definition) is 4. The van der Waals surface area contributed by atoms with Crippen LogP contribution in [0, 0.1) is 12.8 Å². The first-order valence-electron chi connectivity index (χ1n) is 10.3. The Bertz CT molecular complexity index is 828. The molecule has 3 N–H and O–H groups in total. The Morgan fingerprint density at radius 2 is 2.00 bits per heavy atom. The van der Waals surface area contributed by atoms with Crippen molar-refractivity contribution in [2.45, 2.75) is 51.5 Å². The first kappa shape index (κ1) is 18.2. The van der Waals surface area contributed by atoms with Crippen molar-refractivity contribution in [1.82, 2.24) is 10.3 Å². The zero-order valence-electron chi connectivity index (χ0n) is 16.2. The van der Waals surface area contributed by atoms with Crippen LogP contribution < -0.4 is 16.0 Å². The minimum Gasteiger partial charge on any atom is -0.355 e. The lowest BCUT2D eigenvalue weighted by Crippen LogP contribution is -2.31. The van der Waals surface area contributed by atoms with Crippen LogP contribution in [0.15, 0.2) is 24.3 Å². The van der Waals surface area contributed by atoms with Crippen LogP contribution in [0.25, 0.3) is 10.9 Å². The molecule has 5 nitrogen and oxygen atoms in total. The van der Waals surface area contributed by atoms with Gasteiger partial charge in [0.15, 0.2) is 0 Å². The number of carbonyl (C=O) groups excluding carboxylic acids is 1. The number of nitrogens with one attached hydrogen (secondary N) is 1. The summed E-state index contributed by atoms with van der Waals surface area (Å²) >= 11 is 0. The van der Waals surface area contributed by atoms with Gasteiger partial charge in [-0.3, -0.25) is 4.79 Å². The molecule has 2 aromatic rings. The Kier molecular flexibility index (Phi) is 5.30. The third-order valence-corrected chi connectivity index (χ3v) is 6.12. The second kappa shape index (κ2) is 7.85. The van der Waals surface area contributed by atoms with Gasteiger partial charge in [-0.1, -0.05) is 25.3 Å². The minimum absolute atomic E-state index is 0.0291. The molecule has 1 aromatic carbocycles. The second-order valence-electron chi connectivity index (χ2n) is 8.20. The predicted molar refractivity (Wildman–Crippen MR) is 110 cm³/mol. The van der Waals surface area contributed by atoms with Crippen LogP contribution in [-0.2, 0) is 0 Å². The SMILES string of the molecule is Cc1ccc2nc(N3CC[C@H](N)C3)ccc2c1C(=O)NCC1CCCCC1. The van der Waals surface area contributed by atoms with Crippen LogP contribution in [0.5, 0.6) is 0 Å². The van der Waals surface area contributed by atoms with Gasteiger partial charge in [-0.05, 0) is 55.9 Å². The number of rotatable bonds is 4. The molecular weight excluding hydrogens is 336 g/mol. The number of amides is 1. The minimum atomic E-state index is 0.0291. The fourth-order valence-corrected chi connectivity index (χ4v) is 4.49. The van der Waals surface area contributed by atoms with E-state index in [2.05, 4.69) is 10.2 Å². The maximum atomic E-state index is 12.9. The fraction of sp³-hybridized carbons (Fsp3) is 0.545. The third-order valence-electron chi connectivity index (χ3n) is 6.12. The highest BCUT2D eigenvalue weighted by atomic mass is 16.1. The number of pyridine rings is 1. The molecule has 2 fully saturated rings. The number of hydrogen-bond donors (Lipinski definition) is 2. The number of carbonyl (C=O) groups is 1. The van der Waals surface area contributed by atoms with E-state index in [-0.39, 0.29) is 11.9 Å². The van der Waals surface area contributed by atoms with Gasteiger partial charge < -0.3 is 16.0 Å². The van der Waals surface area contributed by atoms with E-state index in [1.165, 1.54) is 32.1 Å². The topological polar surface area (TPSA) is 71.2 Å². The van der Waals surface area contributed by atoms with Gasteiger partial charge >= 0.3 is 0 Å². The second-order valence-corrected chi connectivity index (χ2v) is 8.20. The highest BCUT2D eigenvalue weighted by molar-refractivity contribution is 6.07. The number of anilines is 1. The first-order valence-corrected chi connectivity index (χ1v) is 10.3. The standard InChI is InChI=1S/C22H30N4O/c1-15-7-9-19-18(8-10-20(25-19)26-12-11-17(23)14-26)21(15)22(27)24-13-16-5-3-2-4-6-16/h7-10,16-17H,2-6,11-14,23H2,1H3,(H,24,27)/t17-/m0/s1. The van der Waals surface area contributed by atoms with Crippen LogP contribution in [0.4, 0.5) is 5.82 Å². The van der Waals surface area contributed by atoms with Crippen molar-refractivity contribution in [3.63, 3.8) is 0 Å². The summed E-state index contributed by atoms with van der Waals surface area (Å²) in [7, 11) is 0. The molecular formula is C22H30N4O. The number of fused-ring (bicyclic) bond motifs is 1. The quantitative estimate of drug-likeness (QED) is 0.870. The maximum absolute atomic E-state index is 12.9. The molecule has 144 valence electrons. The van der Waals surface area contributed by atoms with Crippen molar-refractivity contribution in [2.75, 3.05) is 24.5 Å². The van der Waals surface area contributed by atoms with Crippen LogP contribution in [0.3, 0.4) is 0 Å². The molecule has 1 atom stereocenters. The van der Waals surface area contributed by atoms with Gasteiger partial charge in [0.1, 0.15) is 5.82 Å². The van der Waals surface area contributed by atoms with Crippen molar-refractivity contribution in [1.29, 1.82) is 0 Å². The van der Waals surface area contributed by atoms with Crippen LogP contribution in [0.1, 0.15) is 54.4 Å². The predicted octanol–water partition coefficient (Wildman–Crippen LogP) is 3.39. The molecule has 0 spiro atoms. The Morgan fingerprint density at radius 3 is 2.74 bits per heavy atom. The Hall–Kier alpha value is -2.14. The molecule has 4 rings (SSSR count). The van der Waals surface area contributed by atoms with E-state index in [1.54, 1.807) is 0 Å². The van der Waals surface area contributed by atoms with Crippen molar-refractivity contribution in [3.8, 4) is 0 Å². The Morgan fingerprint density at radius 1 is 1.19 bits per heavy atom. The smallest absolute Gasteiger partial charge is 0.252 e. The largest absolute Gasteiger partial charge is 0.355 e. The molecule has 1 aliphatic carbocycles. The molecule has 1 saturated heterocycles. The van der Waals surface area contributed by atoms with E-state index < -0.39 is 0 Å². The summed E-state index contributed by atoms with van der Waals surface area (Å²) in [6.07, 6.45) is 7.39. The van der Waals surface area contributed by atoms with E-state index in [0.717, 1.165) is 53.9 Å². The average Bonchev–Trinajstić information content (AvgIpc) is 3.13. The lowest BCUT2D eigenvalue weighted by atomic mass is 9.89. The summed E-state index contributed by atoms with van der Waals surface area (Å²) in [5.74, 6) is 1.61. The number of aromatic nitrogens is 1. The molecule has 1 saturated carbocycles. The van der Waals surface area contributed by atoms with Crippen LogP contribution >= 0.6 is 0 Å². The molecule has 2 heterocycles. The number of nitrogens with zero attached hydrogens (tertiary/aromatic N) is 2. The van der Waals surface area contributed by atoms with Crippen molar-refractivity contribution in [2.24, 2.45) is 11.7 Å². The Labute approximate surface area is 161 Å².